The van der Waals surface area contributed by atoms with Crippen molar-refractivity contribution >= 4 is 21.9 Å². The molecule has 23 heavy (non-hydrogen) atoms. The number of amides is 1. The van der Waals surface area contributed by atoms with Gasteiger partial charge in [-0.25, -0.2) is 18.4 Å². The molecule has 1 aliphatic heterocycles. The molecule has 2 rings (SSSR count). The number of piperazine rings is 1. The number of rotatable bonds is 5. The smallest absolute Gasteiger partial charge is 0.238 e. The molecule has 2 heterocycles. The van der Waals surface area contributed by atoms with E-state index in [2.05, 4.69) is 9.97 Å². The lowest BCUT2D eigenvalue weighted by atomic mass is 10.3. The zero-order chi connectivity index (χ0) is 17.0. The largest absolute Gasteiger partial charge is 0.338 e. The Morgan fingerprint density at radius 1 is 1.22 bits per heavy atom. The Morgan fingerprint density at radius 3 is 2.26 bits per heavy atom. The molecule has 1 aromatic heterocycles. The molecule has 0 unspecified atom stereocenters. The molecule has 1 aromatic rings. The van der Waals surface area contributed by atoms with E-state index in [0.29, 0.717) is 32.1 Å². The highest BCUT2D eigenvalue weighted by atomic mass is 32.2. The molecule has 0 radical (unpaired) electrons. The van der Waals surface area contributed by atoms with Crippen LogP contribution in [-0.2, 0) is 14.8 Å². The topological polar surface area (TPSA) is 86.7 Å². The average Bonchev–Trinajstić information content (AvgIpc) is 2.52. The summed E-state index contributed by atoms with van der Waals surface area (Å²) < 4.78 is 24.7. The predicted octanol–water partition coefficient (Wildman–Crippen LogP) is -0.205. The van der Waals surface area contributed by atoms with Crippen LogP contribution in [0.1, 0.15) is 13.8 Å². The molecular formula is C14H23N5O3S. The number of hydrogen-bond donors (Lipinski definition) is 0. The van der Waals surface area contributed by atoms with Gasteiger partial charge in [0.05, 0.1) is 12.8 Å². The van der Waals surface area contributed by atoms with Crippen LogP contribution in [0, 0.1) is 0 Å². The van der Waals surface area contributed by atoms with E-state index in [-0.39, 0.29) is 18.5 Å². The first-order valence-electron chi connectivity index (χ1n) is 7.55. The zero-order valence-electron chi connectivity index (χ0n) is 13.7. The first kappa shape index (κ1) is 17.6. The Labute approximate surface area is 137 Å². The minimum Gasteiger partial charge on any atom is -0.338 e. The van der Waals surface area contributed by atoms with Crippen LogP contribution in [0.5, 0.6) is 0 Å². The van der Waals surface area contributed by atoms with Crippen molar-refractivity contribution in [2.45, 2.75) is 19.9 Å². The molecule has 0 atom stereocenters. The highest BCUT2D eigenvalue weighted by Gasteiger charge is 2.28. The Bertz CT molecular complexity index is 627. The van der Waals surface area contributed by atoms with Crippen LogP contribution in [0.15, 0.2) is 18.5 Å². The summed E-state index contributed by atoms with van der Waals surface area (Å²) in [5.74, 6) is 0.484. The summed E-state index contributed by atoms with van der Waals surface area (Å²) >= 11 is 0. The van der Waals surface area contributed by atoms with Crippen molar-refractivity contribution in [3.8, 4) is 0 Å². The number of anilines is 1. The number of carbonyl (C=O) groups excluding carboxylic acids is 1. The maximum atomic E-state index is 12.4. The summed E-state index contributed by atoms with van der Waals surface area (Å²) in [7, 11) is -3.40. The van der Waals surface area contributed by atoms with Gasteiger partial charge in [0.15, 0.2) is 0 Å². The van der Waals surface area contributed by atoms with E-state index in [9.17, 15) is 13.2 Å². The Hall–Kier alpha value is -1.74. The molecule has 0 saturated carbocycles. The van der Waals surface area contributed by atoms with Gasteiger partial charge in [-0.15, -0.1) is 0 Å². The van der Waals surface area contributed by atoms with Crippen LogP contribution in [0.25, 0.3) is 0 Å². The van der Waals surface area contributed by atoms with Crippen molar-refractivity contribution in [2.75, 3.05) is 43.9 Å². The SMILES string of the molecule is CC(C)N(CC(=O)N1CCN(c2ncccn2)CC1)S(C)(=O)=O. The van der Waals surface area contributed by atoms with Gasteiger partial charge in [-0.2, -0.15) is 4.31 Å². The highest BCUT2D eigenvalue weighted by molar-refractivity contribution is 7.88. The van der Waals surface area contributed by atoms with E-state index >= 15 is 0 Å². The van der Waals surface area contributed by atoms with Crippen LogP contribution >= 0.6 is 0 Å². The van der Waals surface area contributed by atoms with Gasteiger partial charge >= 0.3 is 0 Å². The van der Waals surface area contributed by atoms with Gasteiger partial charge < -0.3 is 9.80 Å². The van der Waals surface area contributed by atoms with Gasteiger partial charge in [0.2, 0.25) is 21.9 Å². The molecule has 0 N–H and O–H groups in total. The number of carbonyl (C=O) groups is 1. The maximum absolute atomic E-state index is 12.4. The minimum absolute atomic E-state index is 0.113. The van der Waals surface area contributed by atoms with Crippen LogP contribution < -0.4 is 4.90 Å². The summed E-state index contributed by atoms with van der Waals surface area (Å²) in [5.41, 5.74) is 0. The Morgan fingerprint density at radius 2 is 1.78 bits per heavy atom. The minimum atomic E-state index is -3.40. The molecule has 128 valence electrons. The van der Waals surface area contributed by atoms with Crippen LogP contribution in [0.2, 0.25) is 0 Å². The maximum Gasteiger partial charge on any atom is 0.238 e. The van der Waals surface area contributed by atoms with Crippen molar-refractivity contribution in [3.63, 3.8) is 0 Å². The quantitative estimate of drug-likeness (QED) is 0.737. The van der Waals surface area contributed by atoms with E-state index in [0.717, 1.165) is 6.26 Å². The molecular weight excluding hydrogens is 318 g/mol. The Balaban J connectivity index is 1.93. The fourth-order valence-corrected chi connectivity index (χ4v) is 3.64. The first-order valence-corrected chi connectivity index (χ1v) is 9.40. The molecule has 0 bridgehead atoms. The number of hydrogen-bond acceptors (Lipinski definition) is 6. The summed E-state index contributed by atoms with van der Waals surface area (Å²) in [6.45, 7) is 5.75. The summed E-state index contributed by atoms with van der Waals surface area (Å²) in [4.78, 5) is 24.5. The van der Waals surface area contributed by atoms with Gasteiger partial charge in [0.25, 0.3) is 0 Å². The second-order valence-corrected chi connectivity index (χ2v) is 7.75. The van der Waals surface area contributed by atoms with Crippen molar-refractivity contribution in [1.82, 2.24) is 19.2 Å². The average molecular weight is 341 g/mol. The van der Waals surface area contributed by atoms with E-state index in [4.69, 9.17) is 0 Å². The fraction of sp³-hybridized carbons (Fsp3) is 0.643. The number of sulfonamides is 1. The molecule has 0 aromatic carbocycles. The molecule has 0 aliphatic carbocycles. The molecule has 1 fully saturated rings. The van der Waals surface area contributed by atoms with Crippen LogP contribution in [-0.4, -0.2) is 78.5 Å². The number of nitrogens with zero attached hydrogens (tertiary/aromatic N) is 5. The lowest BCUT2D eigenvalue weighted by Gasteiger charge is -2.36. The number of aromatic nitrogens is 2. The lowest BCUT2D eigenvalue weighted by Crippen LogP contribution is -2.52. The van der Waals surface area contributed by atoms with Gasteiger partial charge in [0.1, 0.15) is 0 Å². The van der Waals surface area contributed by atoms with Crippen LogP contribution in [0.4, 0.5) is 5.95 Å². The van der Waals surface area contributed by atoms with Crippen molar-refractivity contribution in [3.05, 3.63) is 18.5 Å². The second-order valence-electron chi connectivity index (χ2n) is 5.82. The van der Waals surface area contributed by atoms with Crippen molar-refractivity contribution in [2.24, 2.45) is 0 Å². The van der Waals surface area contributed by atoms with Gasteiger partial charge in [-0.05, 0) is 19.9 Å². The first-order chi connectivity index (χ1) is 10.8. The fourth-order valence-electron chi connectivity index (χ4n) is 2.53. The highest BCUT2D eigenvalue weighted by Crippen LogP contribution is 2.11. The van der Waals surface area contributed by atoms with Crippen LogP contribution in [0.3, 0.4) is 0 Å². The monoisotopic (exact) mass is 341 g/mol. The van der Waals surface area contributed by atoms with Crippen molar-refractivity contribution in [1.29, 1.82) is 0 Å². The lowest BCUT2D eigenvalue weighted by molar-refractivity contribution is -0.132. The standard InChI is InChI=1S/C14H23N5O3S/c1-12(2)19(23(3,21)22)11-13(20)17-7-9-18(10-8-17)14-15-5-4-6-16-14/h4-6,12H,7-11H2,1-3H3. The molecule has 1 aliphatic rings. The summed E-state index contributed by atoms with van der Waals surface area (Å²) in [6, 6.07) is 1.52. The van der Waals surface area contributed by atoms with E-state index in [1.807, 2.05) is 4.90 Å². The predicted molar refractivity (Wildman–Crippen MR) is 87.5 cm³/mol. The van der Waals surface area contributed by atoms with Crippen molar-refractivity contribution < 1.29 is 13.2 Å². The molecule has 9 heteroatoms. The third kappa shape index (κ3) is 4.61. The van der Waals surface area contributed by atoms with Gasteiger partial charge in [-0.3, -0.25) is 4.79 Å². The molecule has 8 nitrogen and oxygen atoms in total. The molecule has 1 amide bonds. The van der Waals surface area contributed by atoms with Gasteiger partial charge in [-0.1, -0.05) is 0 Å². The van der Waals surface area contributed by atoms with E-state index in [1.165, 1.54) is 4.31 Å². The normalized spacial score (nSPS) is 16.2. The van der Waals surface area contributed by atoms with Gasteiger partial charge in [0, 0.05) is 44.6 Å². The van der Waals surface area contributed by atoms with E-state index in [1.54, 1.807) is 37.2 Å². The third-order valence-electron chi connectivity index (χ3n) is 3.76. The third-order valence-corrected chi connectivity index (χ3v) is 5.16. The van der Waals surface area contributed by atoms with E-state index < -0.39 is 10.0 Å². The Kier molecular flexibility index (Phi) is 5.53. The summed E-state index contributed by atoms with van der Waals surface area (Å²) in [6.07, 6.45) is 4.50. The zero-order valence-corrected chi connectivity index (χ0v) is 14.5. The molecule has 0 spiro atoms. The molecule has 1 saturated heterocycles. The summed E-state index contributed by atoms with van der Waals surface area (Å²) in [5, 5.41) is 0. The second kappa shape index (κ2) is 7.22.